The van der Waals surface area contributed by atoms with Gasteiger partial charge in [-0.05, 0) is 37.3 Å². The highest BCUT2D eigenvalue weighted by molar-refractivity contribution is 5.80. The third-order valence-corrected chi connectivity index (χ3v) is 3.65. The molecule has 3 nitrogen and oxygen atoms in total. The van der Waals surface area contributed by atoms with Crippen LogP contribution in [0.4, 0.5) is 5.69 Å². The molecule has 1 amide bonds. The standard InChI is InChI=1S/C15H22N2O/c1-11-5-6-14(16)13(8-11)9-15(18)17-7-3-4-12(2)10-17/h5-6,8,12H,3-4,7,9-10,16H2,1-2H3/t12-/m0/s1. The van der Waals surface area contributed by atoms with Gasteiger partial charge in [0, 0.05) is 18.8 Å². The molecule has 0 saturated carbocycles. The van der Waals surface area contributed by atoms with Crippen LogP contribution in [0.15, 0.2) is 18.2 Å². The molecule has 1 heterocycles. The summed E-state index contributed by atoms with van der Waals surface area (Å²) in [6, 6.07) is 5.88. The highest BCUT2D eigenvalue weighted by atomic mass is 16.2. The van der Waals surface area contributed by atoms with E-state index >= 15 is 0 Å². The first-order valence-electron chi connectivity index (χ1n) is 6.69. The van der Waals surface area contributed by atoms with E-state index in [9.17, 15) is 4.79 Å². The number of nitrogens with two attached hydrogens (primary N) is 1. The lowest BCUT2D eigenvalue weighted by atomic mass is 9.99. The van der Waals surface area contributed by atoms with E-state index in [1.807, 2.05) is 30.0 Å². The molecule has 1 atom stereocenters. The van der Waals surface area contributed by atoms with Crippen molar-refractivity contribution in [3.8, 4) is 0 Å². The summed E-state index contributed by atoms with van der Waals surface area (Å²) in [7, 11) is 0. The van der Waals surface area contributed by atoms with Crippen LogP contribution >= 0.6 is 0 Å². The van der Waals surface area contributed by atoms with E-state index in [2.05, 4.69) is 6.92 Å². The average molecular weight is 246 g/mol. The average Bonchev–Trinajstić information content (AvgIpc) is 2.34. The molecule has 1 aromatic carbocycles. The Kier molecular flexibility index (Phi) is 3.90. The lowest BCUT2D eigenvalue weighted by Crippen LogP contribution is -2.40. The Morgan fingerprint density at radius 3 is 3.00 bits per heavy atom. The van der Waals surface area contributed by atoms with Crippen molar-refractivity contribution < 1.29 is 4.79 Å². The lowest BCUT2D eigenvalue weighted by molar-refractivity contribution is -0.132. The van der Waals surface area contributed by atoms with Crippen LogP contribution in [0, 0.1) is 12.8 Å². The van der Waals surface area contributed by atoms with Gasteiger partial charge in [-0.3, -0.25) is 4.79 Å². The Morgan fingerprint density at radius 1 is 1.50 bits per heavy atom. The summed E-state index contributed by atoms with van der Waals surface area (Å²) in [5.41, 5.74) is 8.75. The summed E-state index contributed by atoms with van der Waals surface area (Å²) in [4.78, 5) is 14.2. The van der Waals surface area contributed by atoms with Crippen LogP contribution in [0.2, 0.25) is 0 Å². The van der Waals surface area contributed by atoms with Crippen molar-refractivity contribution in [1.82, 2.24) is 4.90 Å². The molecule has 1 aliphatic heterocycles. The molecular weight excluding hydrogens is 224 g/mol. The van der Waals surface area contributed by atoms with Crippen LogP contribution in [-0.4, -0.2) is 23.9 Å². The highest BCUT2D eigenvalue weighted by Crippen LogP contribution is 2.19. The summed E-state index contributed by atoms with van der Waals surface area (Å²) in [6.07, 6.45) is 2.78. The van der Waals surface area contributed by atoms with Crippen LogP contribution in [-0.2, 0) is 11.2 Å². The van der Waals surface area contributed by atoms with E-state index in [1.54, 1.807) is 0 Å². The summed E-state index contributed by atoms with van der Waals surface area (Å²) < 4.78 is 0. The molecule has 0 unspecified atom stereocenters. The first kappa shape index (κ1) is 12.9. The number of likely N-dealkylation sites (tertiary alicyclic amines) is 1. The fourth-order valence-electron chi connectivity index (χ4n) is 2.58. The minimum atomic E-state index is 0.207. The van der Waals surface area contributed by atoms with Crippen molar-refractivity contribution in [1.29, 1.82) is 0 Å². The van der Waals surface area contributed by atoms with Crippen LogP contribution in [0.1, 0.15) is 30.9 Å². The number of rotatable bonds is 2. The molecule has 0 spiro atoms. The Morgan fingerprint density at radius 2 is 2.28 bits per heavy atom. The summed E-state index contributed by atoms with van der Waals surface area (Å²) in [6.45, 7) is 6.02. The van der Waals surface area contributed by atoms with Crippen LogP contribution in [0.25, 0.3) is 0 Å². The predicted octanol–water partition coefficient (Wildman–Crippen LogP) is 2.38. The Bertz CT molecular complexity index is 442. The second-order valence-electron chi connectivity index (χ2n) is 5.47. The van der Waals surface area contributed by atoms with Gasteiger partial charge in [0.25, 0.3) is 0 Å². The van der Waals surface area contributed by atoms with Crippen LogP contribution < -0.4 is 5.73 Å². The van der Waals surface area contributed by atoms with E-state index in [4.69, 9.17) is 5.73 Å². The number of piperidine rings is 1. The van der Waals surface area contributed by atoms with Crippen molar-refractivity contribution in [2.75, 3.05) is 18.8 Å². The van der Waals surface area contributed by atoms with Gasteiger partial charge in [-0.15, -0.1) is 0 Å². The SMILES string of the molecule is Cc1ccc(N)c(CC(=O)N2CCC[C@H](C)C2)c1. The van der Waals surface area contributed by atoms with Crippen molar-refractivity contribution >= 4 is 11.6 Å². The van der Waals surface area contributed by atoms with Crippen LogP contribution in [0.5, 0.6) is 0 Å². The quantitative estimate of drug-likeness (QED) is 0.814. The molecule has 98 valence electrons. The largest absolute Gasteiger partial charge is 0.398 e. The molecule has 18 heavy (non-hydrogen) atoms. The molecule has 1 fully saturated rings. The summed E-state index contributed by atoms with van der Waals surface area (Å²) in [5.74, 6) is 0.830. The first-order valence-corrected chi connectivity index (χ1v) is 6.69. The number of nitrogens with zero attached hydrogens (tertiary/aromatic N) is 1. The molecule has 1 saturated heterocycles. The van der Waals surface area contributed by atoms with Crippen LogP contribution in [0.3, 0.4) is 0 Å². The zero-order chi connectivity index (χ0) is 13.1. The maximum Gasteiger partial charge on any atom is 0.227 e. The number of amides is 1. The van der Waals surface area contributed by atoms with E-state index in [-0.39, 0.29) is 5.91 Å². The minimum Gasteiger partial charge on any atom is -0.398 e. The van der Waals surface area contributed by atoms with Gasteiger partial charge >= 0.3 is 0 Å². The normalized spacial score (nSPS) is 19.9. The zero-order valence-corrected chi connectivity index (χ0v) is 11.3. The van der Waals surface area contributed by atoms with Crippen molar-refractivity contribution in [3.63, 3.8) is 0 Å². The van der Waals surface area contributed by atoms with Gasteiger partial charge in [0.1, 0.15) is 0 Å². The fourth-order valence-corrected chi connectivity index (χ4v) is 2.58. The Balaban J connectivity index is 2.04. The first-order chi connectivity index (χ1) is 8.56. The van der Waals surface area contributed by atoms with E-state index in [1.165, 1.54) is 6.42 Å². The van der Waals surface area contributed by atoms with Gasteiger partial charge in [0.05, 0.1) is 6.42 Å². The van der Waals surface area contributed by atoms with Gasteiger partial charge in [-0.1, -0.05) is 24.6 Å². The Labute approximate surface area is 109 Å². The molecule has 0 aliphatic carbocycles. The molecule has 0 bridgehead atoms. The van der Waals surface area contributed by atoms with Crippen molar-refractivity contribution in [2.24, 2.45) is 5.92 Å². The third-order valence-electron chi connectivity index (χ3n) is 3.65. The topological polar surface area (TPSA) is 46.3 Å². The second kappa shape index (κ2) is 5.42. The smallest absolute Gasteiger partial charge is 0.227 e. The van der Waals surface area contributed by atoms with Gasteiger partial charge in [0.15, 0.2) is 0 Å². The zero-order valence-electron chi connectivity index (χ0n) is 11.3. The fraction of sp³-hybridized carbons (Fsp3) is 0.533. The highest BCUT2D eigenvalue weighted by Gasteiger charge is 2.21. The number of nitrogen functional groups attached to an aromatic ring is 1. The number of anilines is 1. The molecule has 2 rings (SSSR count). The van der Waals surface area contributed by atoms with Gasteiger partial charge in [-0.2, -0.15) is 0 Å². The number of hydrogen-bond donors (Lipinski definition) is 1. The molecule has 2 N–H and O–H groups in total. The summed E-state index contributed by atoms with van der Waals surface area (Å²) >= 11 is 0. The van der Waals surface area contributed by atoms with E-state index in [0.717, 1.165) is 36.3 Å². The molecular formula is C15H22N2O. The number of carbonyl (C=O) groups excluding carboxylic acids is 1. The predicted molar refractivity (Wildman–Crippen MR) is 74.3 cm³/mol. The monoisotopic (exact) mass is 246 g/mol. The van der Waals surface area contributed by atoms with Crippen molar-refractivity contribution in [3.05, 3.63) is 29.3 Å². The van der Waals surface area contributed by atoms with Crippen molar-refractivity contribution in [2.45, 2.75) is 33.1 Å². The molecule has 0 aromatic heterocycles. The molecule has 0 radical (unpaired) electrons. The van der Waals surface area contributed by atoms with E-state index < -0.39 is 0 Å². The minimum absolute atomic E-state index is 0.207. The maximum absolute atomic E-state index is 12.2. The Hall–Kier alpha value is -1.51. The molecule has 3 heteroatoms. The number of carbonyl (C=O) groups is 1. The summed E-state index contributed by atoms with van der Waals surface area (Å²) in [5, 5.41) is 0. The van der Waals surface area contributed by atoms with Gasteiger partial charge in [0.2, 0.25) is 5.91 Å². The number of hydrogen-bond acceptors (Lipinski definition) is 2. The molecule has 1 aromatic rings. The number of aryl methyl sites for hydroxylation is 1. The molecule has 1 aliphatic rings. The second-order valence-corrected chi connectivity index (χ2v) is 5.47. The van der Waals surface area contributed by atoms with Gasteiger partial charge in [-0.25, -0.2) is 0 Å². The van der Waals surface area contributed by atoms with E-state index in [0.29, 0.717) is 12.3 Å². The maximum atomic E-state index is 12.2. The lowest BCUT2D eigenvalue weighted by Gasteiger charge is -2.31. The van der Waals surface area contributed by atoms with Gasteiger partial charge < -0.3 is 10.6 Å². The third kappa shape index (κ3) is 3.03. The number of benzene rings is 1.